The third-order valence-corrected chi connectivity index (χ3v) is 3.12. The molecule has 1 aromatic rings. The van der Waals surface area contributed by atoms with Gasteiger partial charge >= 0.3 is 5.97 Å². The summed E-state index contributed by atoms with van der Waals surface area (Å²) in [5.41, 5.74) is -0.289. The van der Waals surface area contributed by atoms with Crippen LogP contribution in [0.25, 0.3) is 0 Å². The van der Waals surface area contributed by atoms with Crippen LogP contribution in [0.15, 0.2) is 30.3 Å². The molecule has 1 aliphatic heterocycles. The van der Waals surface area contributed by atoms with Gasteiger partial charge in [0.05, 0.1) is 0 Å². The minimum absolute atomic E-state index is 0.301. The molecule has 2 rings (SSSR count). The number of carbonyl (C=O) groups is 1. The maximum Gasteiger partial charge on any atom is 0.306 e. The highest BCUT2D eigenvalue weighted by Crippen LogP contribution is 2.42. The van der Waals surface area contributed by atoms with Crippen molar-refractivity contribution in [1.29, 1.82) is 0 Å². The minimum atomic E-state index is -1.14. The summed E-state index contributed by atoms with van der Waals surface area (Å²) in [6, 6.07) is 9.19. The lowest BCUT2D eigenvalue weighted by molar-refractivity contribution is -0.155. The van der Waals surface area contributed by atoms with Crippen LogP contribution < -0.4 is 0 Å². The zero-order valence-electron chi connectivity index (χ0n) is 9.28. The lowest BCUT2D eigenvalue weighted by atomic mass is 9.85. The molecule has 0 radical (unpaired) electrons. The van der Waals surface area contributed by atoms with Gasteiger partial charge in [0.15, 0.2) is 5.60 Å². The van der Waals surface area contributed by atoms with Gasteiger partial charge in [-0.15, -0.1) is 0 Å². The molecular formula is C13H15FO2. The summed E-state index contributed by atoms with van der Waals surface area (Å²) in [7, 11) is 0. The lowest BCUT2D eigenvalue weighted by Crippen LogP contribution is -2.36. The standard InChI is InChI=1S/C13H15FO2/c1-2-11(14)13(9-8-12(15)16-13)10-6-4-3-5-7-10/h3-7,11H,2,8-9H2,1H3. The average molecular weight is 222 g/mol. The Kier molecular flexibility index (Phi) is 2.95. The van der Waals surface area contributed by atoms with E-state index in [2.05, 4.69) is 0 Å². The third-order valence-electron chi connectivity index (χ3n) is 3.12. The number of ether oxygens (including phenoxy) is 1. The van der Waals surface area contributed by atoms with Crippen molar-refractivity contribution in [3.8, 4) is 0 Å². The summed E-state index contributed by atoms with van der Waals surface area (Å²) in [5.74, 6) is -0.306. The molecule has 2 unspecified atom stereocenters. The van der Waals surface area contributed by atoms with Crippen molar-refractivity contribution in [3.63, 3.8) is 0 Å². The number of hydrogen-bond donors (Lipinski definition) is 0. The van der Waals surface area contributed by atoms with E-state index in [1.807, 2.05) is 30.3 Å². The van der Waals surface area contributed by atoms with E-state index in [1.165, 1.54) is 0 Å². The van der Waals surface area contributed by atoms with Crippen LogP contribution in [-0.2, 0) is 15.1 Å². The van der Waals surface area contributed by atoms with E-state index in [4.69, 9.17) is 4.74 Å². The van der Waals surface area contributed by atoms with Gasteiger partial charge in [-0.1, -0.05) is 37.3 Å². The summed E-state index contributed by atoms with van der Waals surface area (Å²) < 4.78 is 19.3. The smallest absolute Gasteiger partial charge is 0.306 e. The predicted octanol–water partition coefficient (Wildman–Crippen LogP) is 2.97. The third kappa shape index (κ3) is 1.70. The van der Waals surface area contributed by atoms with Crippen LogP contribution in [-0.4, -0.2) is 12.1 Å². The van der Waals surface area contributed by atoms with Gasteiger partial charge in [0, 0.05) is 12.8 Å². The Bertz CT molecular complexity index is 377. The Morgan fingerprint density at radius 2 is 2.12 bits per heavy atom. The Balaban J connectivity index is 2.39. The van der Waals surface area contributed by atoms with Gasteiger partial charge in [-0.2, -0.15) is 0 Å². The second-order valence-corrected chi connectivity index (χ2v) is 4.11. The molecule has 1 fully saturated rings. The molecule has 1 aliphatic rings. The molecule has 2 atom stereocenters. The quantitative estimate of drug-likeness (QED) is 0.735. The largest absolute Gasteiger partial charge is 0.451 e. The number of hydrogen-bond acceptors (Lipinski definition) is 2. The average Bonchev–Trinajstić information content (AvgIpc) is 2.73. The van der Waals surface area contributed by atoms with E-state index < -0.39 is 11.8 Å². The summed E-state index contributed by atoms with van der Waals surface area (Å²) in [6.45, 7) is 1.77. The molecule has 1 aromatic carbocycles. The molecule has 0 saturated carbocycles. The number of benzene rings is 1. The van der Waals surface area contributed by atoms with Crippen LogP contribution >= 0.6 is 0 Å². The maximum atomic E-state index is 14.1. The zero-order valence-corrected chi connectivity index (χ0v) is 9.28. The molecule has 0 spiro atoms. The van der Waals surface area contributed by atoms with Crippen molar-refractivity contribution in [2.24, 2.45) is 0 Å². The first-order valence-corrected chi connectivity index (χ1v) is 5.60. The molecule has 1 saturated heterocycles. The van der Waals surface area contributed by atoms with E-state index in [9.17, 15) is 9.18 Å². The minimum Gasteiger partial charge on any atom is -0.451 e. The molecule has 0 N–H and O–H groups in total. The SMILES string of the molecule is CCC(F)C1(c2ccccc2)CCC(=O)O1. The van der Waals surface area contributed by atoms with Crippen molar-refractivity contribution >= 4 is 5.97 Å². The van der Waals surface area contributed by atoms with E-state index in [0.29, 0.717) is 19.3 Å². The Morgan fingerprint density at radius 3 is 2.62 bits per heavy atom. The van der Waals surface area contributed by atoms with Gasteiger partial charge < -0.3 is 4.74 Å². The second kappa shape index (κ2) is 4.24. The van der Waals surface area contributed by atoms with Crippen LogP contribution in [0.2, 0.25) is 0 Å². The number of halogens is 1. The number of cyclic esters (lactones) is 1. The number of esters is 1. The van der Waals surface area contributed by atoms with Crippen LogP contribution in [0.5, 0.6) is 0 Å². The maximum absolute atomic E-state index is 14.1. The van der Waals surface area contributed by atoms with Gasteiger partial charge in [-0.3, -0.25) is 4.79 Å². The highest BCUT2D eigenvalue weighted by atomic mass is 19.1. The summed E-state index contributed by atoms with van der Waals surface area (Å²) in [5, 5.41) is 0. The monoisotopic (exact) mass is 222 g/mol. The van der Waals surface area contributed by atoms with E-state index in [0.717, 1.165) is 5.56 Å². The first kappa shape index (κ1) is 11.1. The molecule has 1 heterocycles. The zero-order chi connectivity index (χ0) is 11.6. The predicted molar refractivity (Wildman–Crippen MR) is 58.6 cm³/mol. The molecule has 0 amide bonds. The summed E-state index contributed by atoms with van der Waals surface area (Å²) in [4.78, 5) is 11.3. The van der Waals surface area contributed by atoms with E-state index in [-0.39, 0.29) is 5.97 Å². The molecule has 16 heavy (non-hydrogen) atoms. The first-order valence-electron chi connectivity index (χ1n) is 5.60. The Hall–Kier alpha value is -1.38. The van der Waals surface area contributed by atoms with Gasteiger partial charge in [0.2, 0.25) is 0 Å². The molecule has 0 aromatic heterocycles. The number of carbonyl (C=O) groups excluding carboxylic acids is 1. The van der Waals surface area contributed by atoms with Crippen molar-refractivity contribution in [2.75, 3.05) is 0 Å². The topological polar surface area (TPSA) is 26.3 Å². The fraction of sp³-hybridized carbons (Fsp3) is 0.462. The van der Waals surface area contributed by atoms with Gasteiger partial charge in [-0.25, -0.2) is 4.39 Å². The van der Waals surface area contributed by atoms with Crippen LogP contribution in [0.1, 0.15) is 31.7 Å². The highest BCUT2D eigenvalue weighted by molar-refractivity contribution is 5.72. The highest BCUT2D eigenvalue weighted by Gasteiger charge is 2.48. The number of rotatable bonds is 3. The fourth-order valence-corrected chi connectivity index (χ4v) is 2.25. The van der Waals surface area contributed by atoms with Crippen molar-refractivity contribution in [3.05, 3.63) is 35.9 Å². The second-order valence-electron chi connectivity index (χ2n) is 4.11. The molecule has 0 aliphatic carbocycles. The summed E-state index contributed by atoms with van der Waals surface area (Å²) in [6.07, 6.45) is -0.0520. The fourth-order valence-electron chi connectivity index (χ4n) is 2.25. The van der Waals surface area contributed by atoms with Crippen LogP contribution in [0.3, 0.4) is 0 Å². The molecular weight excluding hydrogens is 207 g/mol. The Labute approximate surface area is 94.4 Å². The van der Waals surface area contributed by atoms with Gasteiger partial charge in [0.1, 0.15) is 6.17 Å². The lowest BCUT2D eigenvalue weighted by Gasteiger charge is -2.31. The Morgan fingerprint density at radius 1 is 1.44 bits per heavy atom. The van der Waals surface area contributed by atoms with Gasteiger partial charge in [-0.05, 0) is 12.0 Å². The molecule has 3 heteroatoms. The van der Waals surface area contributed by atoms with E-state index in [1.54, 1.807) is 6.92 Å². The van der Waals surface area contributed by atoms with Crippen molar-refractivity contribution in [2.45, 2.75) is 38.0 Å². The molecule has 86 valence electrons. The van der Waals surface area contributed by atoms with Crippen molar-refractivity contribution < 1.29 is 13.9 Å². The first-order chi connectivity index (χ1) is 7.69. The van der Waals surface area contributed by atoms with Gasteiger partial charge in [0.25, 0.3) is 0 Å². The number of alkyl halides is 1. The molecule has 2 nitrogen and oxygen atoms in total. The van der Waals surface area contributed by atoms with Crippen LogP contribution in [0.4, 0.5) is 4.39 Å². The van der Waals surface area contributed by atoms with E-state index >= 15 is 0 Å². The normalized spacial score (nSPS) is 26.5. The van der Waals surface area contributed by atoms with Crippen LogP contribution in [0, 0.1) is 0 Å². The summed E-state index contributed by atoms with van der Waals surface area (Å²) >= 11 is 0. The molecule has 0 bridgehead atoms. The van der Waals surface area contributed by atoms with Crippen molar-refractivity contribution in [1.82, 2.24) is 0 Å².